The Balaban J connectivity index is 2.55. The molecule has 0 spiro atoms. The van der Waals surface area contributed by atoms with E-state index in [4.69, 9.17) is 5.84 Å². The van der Waals surface area contributed by atoms with Crippen molar-refractivity contribution in [1.29, 1.82) is 0 Å². The van der Waals surface area contributed by atoms with E-state index in [1.54, 1.807) is 0 Å². The predicted octanol–water partition coefficient (Wildman–Crippen LogP) is 0.896. The molecule has 2 amide bonds. The van der Waals surface area contributed by atoms with Gasteiger partial charge in [-0.25, -0.2) is 8.78 Å². The van der Waals surface area contributed by atoms with Gasteiger partial charge in [0, 0.05) is 25.1 Å². The van der Waals surface area contributed by atoms with Crippen LogP contribution in [0.1, 0.15) is 30.1 Å². The first-order valence-electron chi connectivity index (χ1n) is 6.50. The van der Waals surface area contributed by atoms with E-state index in [1.807, 2.05) is 12.3 Å². The van der Waals surface area contributed by atoms with E-state index < -0.39 is 23.2 Å². The van der Waals surface area contributed by atoms with E-state index in [2.05, 4.69) is 10.6 Å². The molecule has 0 aliphatic heterocycles. The van der Waals surface area contributed by atoms with Crippen molar-refractivity contribution in [3.63, 3.8) is 0 Å². The zero-order valence-electron chi connectivity index (χ0n) is 11.6. The standard InChI is InChI=1S/C13H18F2N4O2/c1-2-4-17-11(20)3-5-18-13(21)8-6-9(14)12(19-16)10(15)7-8/h6-7,19H,2-5,16H2,1H3,(H,17,20)(H,18,21). The number of nitrogens with one attached hydrogen (secondary N) is 3. The Morgan fingerprint density at radius 1 is 1.14 bits per heavy atom. The molecular weight excluding hydrogens is 282 g/mol. The average Bonchev–Trinajstić information content (AvgIpc) is 2.44. The Morgan fingerprint density at radius 2 is 1.76 bits per heavy atom. The second-order valence-electron chi connectivity index (χ2n) is 4.32. The summed E-state index contributed by atoms with van der Waals surface area (Å²) in [7, 11) is 0. The minimum Gasteiger partial charge on any atom is -0.356 e. The first-order chi connectivity index (χ1) is 9.99. The van der Waals surface area contributed by atoms with Crippen molar-refractivity contribution in [3.05, 3.63) is 29.3 Å². The smallest absolute Gasteiger partial charge is 0.251 e. The molecule has 0 atom stereocenters. The lowest BCUT2D eigenvalue weighted by atomic mass is 10.1. The monoisotopic (exact) mass is 300 g/mol. The van der Waals surface area contributed by atoms with Crippen molar-refractivity contribution < 1.29 is 18.4 Å². The third-order valence-electron chi connectivity index (χ3n) is 2.66. The summed E-state index contributed by atoms with van der Waals surface area (Å²) in [5, 5.41) is 5.06. The number of benzene rings is 1. The molecule has 0 bridgehead atoms. The lowest BCUT2D eigenvalue weighted by Crippen LogP contribution is -2.31. The number of rotatable bonds is 7. The van der Waals surface area contributed by atoms with E-state index in [-0.39, 0.29) is 24.4 Å². The Kier molecular flexibility index (Phi) is 6.54. The molecule has 0 saturated carbocycles. The number of hydrogen-bond donors (Lipinski definition) is 4. The molecule has 0 fully saturated rings. The minimum absolute atomic E-state index is 0.0779. The van der Waals surface area contributed by atoms with E-state index in [9.17, 15) is 18.4 Å². The highest BCUT2D eigenvalue weighted by molar-refractivity contribution is 5.94. The second kappa shape index (κ2) is 8.15. The maximum absolute atomic E-state index is 13.4. The van der Waals surface area contributed by atoms with Crippen LogP contribution in [-0.2, 0) is 4.79 Å². The van der Waals surface area contributed by atoms with Crippen LogP contribution >= 0.6 is 0 Å². The molecule has 0 unspecified atom stereocenters. The highest BCUT2D eigenvalue weighted by atomic mass is 19.1. The van der Waals surface area contributed by atoms with Gasteiger partial charge >= 0.3 is 0 Å². The summed E-state index contributed by atoms with van der Waals surface area (Å²) in [6.07, 6.45) is 0.914. The van der Waals surface area contributed by atoms with Crippen LogP contribution in [-0.4, -0.2) is 24.9 Å². The first kappa shape index (κ1) is 16.8. The van der Waals surface area contributed by atoms with Crippen molar-refractivity contribution in [2.24, 2.45) is 5.84 Å². The average molecular weight is 300 g/mol. The van der Waals surface area contributed by atoms with Crippen LogP contribution in [0.5, 0.6) is 0 Å². The number of carbonyl (C=O) groups is 2. The second-order valence-corrected chi connectivity index (χ2v) is 4.32. The topological polar surface area (TPSA) is 96.2 Å². The van der Waals surface area contributed by atoms with Gasteiger partial charge in [-0.3, -0.25) is 15.4 Å². The van der Waals surface area contributed by atoms with Gasteiger partial charge in [0.05, 0.1) is 0 Å². The fraction of sp³-hybridized carbons (Fsp3) is 0.385. The molecule has 1 aromatic carbocycles. The number of hydrazine groups is 1. The van der Waals surface area contributed by atoms with Gasteiger partial charge in [0.1, 0.15) is 5.69 Å². The molecule has 5 N–H and O–H groups in total. The zero-order chi connectivity index (χ0) is 15.8. The zero-order valence-corrected chi connectivity index (χ0v) is 11.6. The van der Waals surface area contributed by atoms with Crippen molar-refractivity contribution in [2.45, 2.75) is 19.8 Å². The summed E-state index contributed by atoms with van der Waals surface area (Å²) >= 11 is 0. The minimum atomic E-state index is -0.969. The van der Waals surface area contributed by atoms with Crippen LogP contribution < -0.4 is 21.9 Å². The van der Waals surface area contributed by atoms with Crippen molar-refractivity contribution >= 4 is 17.5 Å². The molecule has 8 heteroatoms. The summed E-state index contributed by atoms with van der Waals surface area (Å²) in [6, 6.07) is 1.73. The van der Waals surface area contributed by atoms with Crippen molar-refractivity contribution in [2.75, 3.05) is 18.5 Å². The van der Waals surface area contributed by atoms with Crippen LogP contribution in [0.15, 0.2) is 12.1 Å². The molecule has 0 aliphatic carbocycles. The molecule has 0 radical (unpaired) electrons. The van der Waals surface area contributed by atoms with Crippen molar-refractivity contribution in [3.8, 4) is 0 Å². The van der Waals surface area contributed by atoms with Crippen LogP contribution in [0.25, 0.3) is 0 Å². The van der Waals surface area contributed by atoms with Gasteiger partial charge in [-0.05, 0) is 18.6 Å². The van der Waals surface area contributed by atoms with E-state index in [0.29, 0.717) is 6.54 Å². The van der Waals surface area contributed by atoms with E-state index >= 15 is 0 Å². The fourth-order valence-electron chi connectivity index (χ4n) is 1.59. The maximum Gasteiger partial charge on any atom is 0.251 e. The summed E-state index contributed by atoms with van der Waals surface area (Å²) in [5.41, 5.74) is 1.18. The number of carbonyl (C=O) groups excluding carboxylic acids is 2. The van der Waals surface area contributed by atoms with Gasteiger partial charge < -0.3 is 16.1 Å². The van der Waals surface area contributed by atoms with Gasteiger partial charge in [-0.2, -0.15) is 0 Å². The number of nitrogen functional groups attached to an aromatic ring is 1. The van der Waals surface area contributed by atoms with Crippen molar-refractivity contribution in [1.82, 2.24) is 10.6 Å². The Labute approximate surface area is 121 Å². The molecule has 0 aromatic heterocycles. The van der Waals surface area contributed by atoms with Gasteiger partial charge in [0.2, 0.25) is 5.91 Å². The SMILES string of the molecule is CCCNC(=O)CCNC(=O)c1cc(F)c(NN)c(F)c1. The number of amides is 2. The van der Waals surface area contributed by atoms with Gasteiger partial charge in [0.25, 0.3) is 5.91 Å². The predicted molar refractivity (Wildman–Crippen MR) is 74.4 cm³/mol. The quantitative estimate of drug-likeness (QED) is 0.444. The number of halogens is 2. The molecular formula is C13H18F2N4O2. The molecule has 21 heavy (non-hydrogen) atoms. The van der Waals surface area contributed by atoms with E-state index in [1.165, 1.54) is 0 Å². The molecule has 0 saturated heterocycles. The van der Waals surface area contributed by atoms with E-state index in [0.717, 1.165) is 18.6 Å². The third kappa shape index (κ3) is 4.99. The summed E-state index contributed by atoms with van der Waals surface area (Å²) < 4.78 is 26.9. The highest BCUT2D eigenvalue weighted by Crippen LogP contribution is 2.19. The van der Waals surface area contributed by atoms with Gasteiger partial charge in [0.15, 0.2) is 11.6 Å². The Bertz CT molecular complexity index is 500. The van der Waals surface area contributed by atoms with Gasteiger partial charge in [-0.15, -0.1) is 0 Å². The maximum atomic E-state index is 13.4. The molecule has 1 aromatic rings. The number of hydrogen-bond acceptors (Lipinski definition) is 4. The molecule has 0 heterocycles. The van der Waals surface area contributed by atoms with Crippen LogP contribution in [0.3, 0.4) is 0 Å². The Morgan fingerprint density at radius 3 is 2.29 bits per heavy atom. The highest BCUT2D eigenvalue weighted by Gasteiger charge is 2.14. The summed E-state index contributed by atoms with van der Waals surface area (Å²) in [6.45, 7) is 2.57. The first-order valence-corrected chi connectivity index (χ1v) is 6.50. The molecule has 0 aliphatic rings. The summed E-state index contributed by atoms with van der Waals surface area (Å²) in [4.78, 5) is 23.0. The normalized spacial score (nSPS) is 10.1. The third-order valence-corrected chi connectivity index (χ3v) is 2.66. The number of anilines is 1. The van der Waals surface area contributed by atoms with Crippen LogP contribution in [0.2, 0.25) is 0 Å². The Hall–Kier alpha value is -2.22. The molecule has 116 valence electrons. The largest absolute Gasteiger partial charge is 0.356 e. The van der Waals surface area contributed by atoms with Gasteiger partial charge in [-0.1, -0.05) is 6.92 Å². The lowest BCUT2D eigenvalue weighted by molar-refractivity contribution is -0.120. The molecule has 1 rings (SSSR count). The lowest BCUT2D eigenvalue weighted by Gasteiger charge is -2.08. The molecule has 6 nitrogen and oxygen atoms in total. The fourth-order valence-corrected chi connectivity index (χ4v) is 1.59. The van der Waals surface area contributed by atoms with Crippen LogP contribution in [0, 0.1) is 11.6 Å². The summed E-state index contributed by atoms with van der Waals surface area (Å²) in [5.74, 6) is 2.15. The van der Waals surface area contributed by atoms with Crippen LogP contribution in [0.4, 0.5) is 14.5 Å². The number of nitrogens with two attached hydrogens (primary N) is 1.